The van der Waals surface area contributed by atoms with Gasteiger partial charge in [0.25, 0.3) is 10.1 Å². The van der Waals surface area contributed by atoms with Crippen LogP contribution in [-0.2, 0) is 37.3 Å². The molecule has 3 aromatic carbocycles. The van der Waals surface area contributed by atoms with E-state index in [4.69, 9.17) is 4.18 Å². The summed E-state index contributed by atoms with van der Waals surface area (Å²) in [5.41, 5.74) is 3.78. The minimum absolute atomic E-state index is 0.0484. The Morgan fingerprint density at radius 3 is 1.91 bits per heavy atom. The Labute approximate surface area is 189 Å². The van der Waals surface area contributed by atoms with Crippen molar-refractivity contribution < 1.29 is 21.0 Å². The van der Waals surface area contributed by atoms with E-state index in [1.165, 1.54) is 16.4 Å². The Bertz CT molecular complexity index is 1320. The number of nitrogens with zero attached hydrogens (tertiary/aromatic N) is 1. The first-order chi connectivity index (χ1) is 15.2. The van der Waals surface area contributed by atoms with Crippen LogP contribution >= 0.6 is 0 Å². The quantitative estimate of drug-likeness (QED) is 0.511. The molecule has 0 saturated carbocycles. The maximum absolute atomic E-state index is 13.5. The number of benzene rings is 3. The molecule has 0 bridgehead atoms. The predicted octanol–water partition coefficient (Wildman–Crippen LogP) is 3.82. The zero-order chi connectivity index (χ0) is 22.9. The van der Waals surface area contributed by atoms with Gasteiger partial charge in [0.05, 0.1) is 22.4 Å². The summed E-state index contributed by atoms with van der Waals surface area (Å²) >= 11 is 0. The number of hydrogen-bond donors (Lipinski definition) is 0. The van der Waals surface area contributed by atoms with Gasteiger partial charge in [0.1, 0.15) is 0 Å². The van der Waals surface area contributed by atoms with Crippen molar-refractivity contribution in [3.8, 4) is 0 Å². The van der Waals surface area contributed by atoms with Crippen LogP contribution < -0.4 is 0 Å². The van der Waals surface area contributed by atoms with E-state index in [9.17, 15) is 16.8 Å². The van der Waals surface area contributed by atoms with Gasteiger partial charge in [-0.05, 0) is 55.7 Å². The molecule has 0 spiro atoms. The molecule has 3 aromatic rings. The molecule has 0 aliphatic carbocycles. The van der Waals surface area contributed by atoms with Gasteiger partial charge in [-0.1, -0.05) is 59.7 Å². The normalized spacial score (nSPS) is 17.1. The third-order valence-electron chi connectivity index (χ3n) is 5.66. The van der Waals surface area contributed by atoms with E-state index in [1.54, 1.807) is 36.4 Å². The summed E-state index contributed by atoms with van der Waals surface area (Å²) < 4.78 is 59.1. The van der Waals surface area contributed by atoms with Crippen LogP contribution in [0.15, 0.2) is 82.6 Å². The van der Waals surface area contributed by atoms with Crippen molar-refractivity contribution >= 4 is 20.1 Å². The highest BCUT2D eigenvalue weighted by Crippen LogP contribution is 2.30. The molecule has 0 saturated heterocycles. The average Bonchev–Trinajstić information content (AvgIpc) is 2.77. The van der Waals surface area contributed by atoms with Crippen LogP contribution in [0.3, 0.4) is 0 Å². The lowest BCUT2D eigenvalue weighted by atomic mass is 9.96. The summed E-state index contributed by atoms with van der Waals surface area (Å²) in [5, 5.41) is 0. The van der Waals surface area contributed by atoms with Gasteiger partial charge >= 0.3 is 0 Å². The van der Waals surface area contributed by atoms with Gasteiger partial charge in [-0.2, -0.15) is 12.7 Å². The molecule has 1 atom stereocenters. The molecule has 1 aliphatic rings. The zero-order valence-corrected chi connectivity index (χ0v) is 19.6. The van der Waals surface area contributed by atoms with E-state index in [2.05, 4.69) is 0 Å². The minimum Gasteiger partial charge on any atom is -0.265 e. The molecular weight excluding hydrogens is 446 g/mol. The van der Waals surface area contributed by atoms with E-state index in [0.717, 1.165) is 22.3 Å². The molecule has 0 aromatic heterocycles. The van der Waals surface area contributed by atoms with Gasteiger partial charge in [0.2, 0.25) is 10.0 Å². The molecule has 0 radical (unpaired) electrons. The number of sulfonamides is 1. The molecule has 4 rings (SSSR count). The van der Waals surface area contributed by atoms with Gasteiger partial charge in [-0.3, -0.25) is 4.18 Å². The van der Waals surface area contributed by atoms with Crippen LogP contribution in [0.1, 0.15) is 22.3 Å². The minimum atomic E-state index is -4.01. The Kier molecular flexibility index (Phi) is 6.22. The Morgan fingerprint density at radius 1 is 0.781 bits per heavy atom. The third kappa shape index (κ3) is 4.63. The lowest BCUT2D eigenvalue weighted by molar-refractivity contribution is 0.193. The topological polar surface area (TPSA) is 80.8 Å². The van der Waals surface area contributed by atoms with E-state index in [0.29, 0.717) is 6.42 Å². The molecule has 1 heterocycles. The van der Waals surface area contributed by atoms with Crippen LogP contribution in [0.25, 0.3) is 0 Å². The fraction of sp³-hybridized carbons (Fsp3) is 0.250. The van der Waals surface area contributed by atoms with Gasteiger partial charge in [0.15, 0.2) is 0 Å². The summed E-state index contributed by atoms with van der Waals surface area (Å²) in [4.78, 5) is 0.223. The van der Waals surface area contributed by atoms with Gasteiger partial charge in [-0.25, -0.2) is 8.42 Å². The van der Waals surface area contributed by atoms with Crippen molar-refractivity contribution in [2.24, 2.45) is 0 Å². The van der Waals surface area contributed by atoms with Crippen molar-refractivity contribution in [2.45, 2.75) is 42.6 Å². The summed E-state index contributed by atoms with van der Waals surface area (Å²) in [7, 11) is -7.86. The highest BCUT2D eigenvalue weighted by Gasteiger charge is 2.36. The predicted molar refractivity (Wildman–Crippen MR) is 122 cm³/mol. The molecule has 1 unspecified atom stereocenters. The lowest BCUT2D eigenvalue weighted by Gasteiger charge is -2.35. The Morgan fingerprint density at radius 2 is 1.31 bits per heavy atom. The highest BCUT2D eigenvalue weighted by molar-refractivity contribution is 7.89. The van der Waals surface area contributed by atoms with Crippen molar-refractivity contribution in [1.82, 2.24) is 4.31 Å². The summed E-state index contributed by atoms with van der Waals surface area (Å²) in [6.45, 7) is 3.64. The molecular formula is C24H25NO5S2. The molecule has 32 heavy (non-hydrogen) atoms. The Hall–Kier alpha value is -2.52. The van der Waals surface area contributed by atoms with Gasteiger partial charge in [0, 0.05) is 6.54 Å². The van der Waals surface area contributed by atoms with Crippen LogP contribution in [-0.4, -0.2) is 33.8 Å². The largest absolute Gasteiger partial charge is 0.297 e. The molecule has 1 aliphatic heterocycles. The second-order valence-corrected chi connectivity index (χ2v) is 11.5. The molecule has 168 valence electrons. The number of aryl methyl sites for hydroxylation is 2. The fourth-order valence-corrected chi connectivity index (χ4v) is 6.30. The summed E-state index contributed by atoms with van der Waals surface area (Å²) in [6, 6.07) is 20.0. The first-order valence-corrected chi connectivity index (χ1v) is 13.1. The number of fused-ring (bicyclic) bond motifs is 1. The van der Waals surface area contributed by atoms with Crippen molar-refractivity contribution in [2.75, 3.05) is 6.61 Å². The fourth-order valence-electron chi connectivity index (χ4n) is 3.77. The number of hydrogen-bond acceptors (Lipinski definition) is 5. The SMILES string of the molecule is Cc1ccc(S(=O)(=O)OCC2Cc3ccccc3CN2S(=O)(=O)c2ccc(C)cc2)cc1. The monoisotopic (exact) mass is 471 g/mol. The second kappa shape index (κ2) is 8.78. The lowest BCUT2D eigenvalue weighted by Crippen LogP contribution is -2.46. The smallest absolute Gasteiger partial charge is 0.265 e. The van der Waals surface area contributed by atoms with Crippen LogP contribution in [0, 0.1) is 13.8 Å². The van der Waals surface area contributed by atoms with Crippen molar-refractivity contribution in [1.29, 1.82) is 0 Å². The van der Waals surface area contributed by atoms with E-state index in [1.807, 2.05) is 38.1 Å². The first-order valence-electron chi connectivity index (χ1n) is 10.3. The zero-order valence-electron chi connectivity index (χ0n) is 17.9. The van der Waals surface area contributed by atoms with E-state index < -0.39 is 26.2 Å². The van der Waals surface area contributed by atoms with Gasteiger partial charge < -0.3 is 0 Å². The molecule has 0 N–H and O–H groups in total. The standard InChI is InChI=1S/C24H25NO5S2/c1-18-7-11-23(12-8-18)31(26,27)25-16-21-6-4-3-5-20(21)15-22(25)17-30-32(28,29)24-13-9-19(2)10-14-24/h3-14,22H,15-17H2,1-2H3. The molecule has 0 fully saturated rings. The highest BCUT2D eigenvalue weighted by atomic mass is 32.2. The molecule has 6 nitrogen and oxygen atoms in total. The maximum Gasteiger partial charge on any atom is 0.297 e. The van der Waals surface area contributed by atoms with Crippen LogP contribution in [0.5, 0.6) is 0 Å². The van der Waals surface area contributed by atoms with E-state index >= 15 is 0 Å². The number of rotatable bonds is 6. The van der Waals surface area contributed by atoms with Crippen molar-refractivity contribution in [3.63, 3.8) is 0 Å². The van der Waals surface area contributed by atoms with E-state index in [-0.39, 0.29) is 22.9 Å². The Balaban J connectivity index is 1.64. The molecule has 8 heteroatoms. The summed E-state index contributed by atoms with van der Waals surface area (Å²) in [5.74, 6) is 0. The third-order valence-corrected chi connectivity index (χ3v) is 8.87. The van der Waals surface area contributed by atoms with Crippen LogP contribution in [0.4, 0.5) is 0 Å². The van der Waals surface area contributed by atoms with Crippen LogP contribution in [0.2, 0.25) is 0 Å². The van der Waals surface area contributed by atoms with Gasteiger partial charge in [-0.15, -0.1) is 0 Å². The first kappa shape index (κ1) is 22.7. The average molecular weight is 472 g/mol. The molecule has 0 amide bonds. The second-order valence-electron chi connectivity index (χ2n) is 8.04. The maximum atomic E-state index is 13.5. The van der Waals surface area contributed by atoms with Crippen molar-refractivity contribution in [3.05, 3.63) is 95.1 Å². The summed E-state index contributed by atoms with van der Waals surface area (Å²) in [6.07, 6.45) is 0.366.